The van der Waals surface area contributed by atoms with Crippen molar-refractivity contribution in [2.45, 2.75) is 20.0 Å². The maximum Gasteiger partial charge on any atom is 0.0271 e. The van der Waals surface area contributed by atoms with E-state index in [2.05, 4.69) is 41.5 Å². The number of hydrogen-bond donors (Lipinski definition) is 1. The second-order valence-corrected chi connectivity index (χ2v) is 3.89. The molecular formula is C14H18Cl2N2. The Kier molecular flexibility index (Phi) is 8.38. The number of hydrogen-bond acceptors (Lipinski definition) is 2. The van der Waals surface area contributed by atoms with Crippen LogP contribution in [0.1, 0.15) is 16.7 Å². The predicted molar refractivity (Wildman–Crippen MR) is 80.5 cm³/mol. The highest BCUT2D eigenvalue weighted by Gasteiger charge is 1.96. The van der Waals surface area contributed by atoms with Crippen LogP contribution in [-0.2, 0) is 13.1 Å². The summed E-state index contributed by atoms with van der Waals surface area (Å²) >= 11 is 0. The summed E-state index contributed by atoms with van der Waals surface area (Å²) in [6.07, 6.45) is 3.65. The highest BCUT2D eigenvalue weighted by atomic mass is 35.5. The van der Waals surface area contributed by atoms with Crippen molar-refractivity contribution < 1.29 is 0 Å². The first kappa shape index (κ1) is 16.9. The molecule has 1 aromatic carbocycles. The molecule has 1 aromatic heterocycles. The molecule has 2 aromatic rings. The van der Waals surface area contributed by atoms with E-state index in [4.69, 9.17) is 0 Å². The molecular weight excluding hydrogens is 267 g/mol. The second-order valence-electron chi connectivity index (χ2n) is 3.89. The molecule has 2 nitrogen and oxygen atoms in total. The number of nitrogens with one attached hydrogen (secondary N) is 1. The van der Waals surface area contributed by atoms with Crippen molar-refractivity contribution in [3.63, 3.8) is 0 Å². The zero-order valence-electron chi connectivity index (χ0n) is 10.3. The normalized spacial score (nSPS) is 9.17. The number of nitrogens with zero attached hydrogens (tertiary/aromatic N) is 1. The Balaban J connectivity index is 0.00000144. The molecule has 98 valence electrons. The Bertz CT molecular complexity index is 447. The summed E-state index contributed by atoms with van der Waals surface area (Å²) < 4.78 is 0. The largest absolute Gasteiger partial charge is 0.309 e. The number of benzene rings is 1. The summed E-state index contributed by atoms with van der Waals surface area (Å²) in [6, 6.07) is 12.5. The van der Waals surface area contributed by atoms with Crippen LogP contribution in [0.4, 0.5) is 0 Å². The Labute approximate surface area is 121 Å². The Morgan fingerprint density at radius 1 is 0.944 bits per heavy atom. The summed E-state index contributed by atoms with van der Waals surface area (Å²) in [5.74, 6) is 0. The standard InChI is InChI=1S/C14H16N2.2ClH/c1-12-4-2-3-5-14(12)11-16-10-13-6-8-15-9-7-13;;/h2-9,16H,10-11H2,1H3;2*1H. The molecule has 0 spiro atoms. The summed E-state index contributed by atoms with van der Waals surface area (Å²) in [6.45, 7) is 3.94. The highest BCUT2D eigenvalue weighted by molar-refractivity contribution is 5.85. The fourth-order valence-corrected chi connectivity index (χ4v) is 1.65. The number of aryl methyl sites for hydroxylation is 1. The molecule has 0 saturated heterocycles. The van der Waals surface area contributed by atoms with Gasteiger partial charge in [-0.25, -0.2) is 0 Å². The van der Waals surface area contributed by atoms with Crippen LogP contribution >= 0.6 is 24.8 Å². The van der Waals surface area contributed by atoms with Crippen molar-refractivity contribution in [2.75, 3.05) is 0 Å². The van der Waals surface area contributed by atoms with E-state index in [-0.39, 0.29) is 24.8 Å². The van der Waals surface area contributed by atoms with Crippen molar-refractivity contribution in [1.29, 1.82) is 0 Å². The first-order valence-electron chi connectivity index (χ1n) is 5.50. The van der Waals surface area contributed by atoms with Gasteiger partial charge >= 0.3 is 0 Å². The smallest absolute Gasteiger partial charge is 0.0271 e. The zero-order chi connectivity index (χ0) is 11.2. The van der Waals surface area contributed by atoms with Gasteiger partial charge in [-0.15, -0.1) is 24.8 Å². The average Bonchev–Trinajstić information content (AvgIpc) is 2.33. The Morgan fingerprint density at radius 2 is 1.61 bits per heavy atom. The fourth-order valence-electron chi connectivity index (χ4n) is 1.65. The number of rotatable bonds is 4. The molecule has 0 fully saturated rings. The van der Waals surface area contributed by atoms with Crippen LogP contribution in [0.3, 0.4) is 0 Å². The van der Waals surface area contributed by atoms with E-state index in [9.17, 15) is 0 Å². The first-order valence-corrected chi connectivity index (χ1v) is 5.50. The van der Waals surface area contributed by atoms with Crippen LogP contribution in [0.25, 0.3) is 0 Å². The van der Waals surface area contributed by atoms with Crippen molar-refractivity contribution in [1.82, 2.24) is 10.3 Å². The van der Waals surface area contributed by atoms with Crippen molar-refractivity contribution in [3.8, 4) is 0 Å². The van der Waals surface area contributed by atoms with E-state index in [0.717, 1.165) is 13.1 Å². The minimum absolute atomic E-state index is 0. The average molecular weight is 285 g/mol. The number of halogens is 2. The van der Waals surface area contributed by atoms with Gasteiger partial charge in [-0.2, -0.15) is 0 Å². The summed E-state index contributed by atoms with van der Waals surface area (Å²) in [7, 11) is 0. The van der Waals surface area contributed by atoms with E-state index >= 15 is 0 Å². The molecule has 0 atom stereocenters. The van der Waals surface area contributed by atoms with Crippen molar-refractivity contribution in [2.24, 2.45) is 0 Å². The quantitative estimate of drug-likeness (QED) is 0.929. The van der Waals surface area contributed by atoms with Crippen LogP contribution in [0, 0.1) is 6.92 Å². The lowest BCUT2D eigenvalue weighted by atomic mass is 10.1. The van der Waals surface area contributed by atoms with E-state index in [1.54, 1.807) is 0 Å². The van der Waals surface area contributed by atoms with Gasteiger partial charge in [-0.05, 0) is 35.7 Å². The van der Waals surface area contributed by atoms with Gasteiger partial charge in [0.05, 0.1) is 0 Å². The van der Waals surface area contributed by atoms with Crippen LogP contribution in [0.15, 0.2) is 48.8 Å². The number of aromatic nitrogens is 1. The lowest BCUT2D eigenvalue weighted by Gasteiger charge is -2.07. The molecule has 0 unspecified atom stereocenters. The maximum absolute atomic E-state index is 4.00. The lowest BCUT2D eigenvalue weighted by Crippen LogP contribution is -2.13. The van der Waals surface area contributed by atoms with E-state index in [1.165, 1.54) is 16.7 Å². The van der Waals surface area contributed by atoms with E-state index in [1.807, 2.05) is 24.5 Å². The van der Waals surface area contributed by atoms with Crippen molar-refractivity contribution in [3.05, 3.63) is 65.5 Å². The third-order valence-electron chi connectivity index (χ3n) is 2.66. The second kappa shape index (κ2) is 8.92. The summed E-state index contributed by atoms with van der Waals surface area (Å²) in [5, 5.41) is 3.43. The molecule has 0 radical (unpaired) electrons. The van der Waals surface area contributed by atoms with Gasteiger partial charge in [0.2, 0.25) is 0 Å². The molecule has 0 aliphatic heterocycles. The lowest BCUT2D eigenvalue weighted by molar-refractivity contribution is 0.690. The van der Waals surface area contributed by atoms with Gasteiger partial charge in [-0.3, -0.25) is 4.98 Å². The zero-order valence-corrected chi connectivity index (χ0v) is 11.9. The molecule has 0 amide bonds. The number of pyridine rings is 1. The summed E-state index contributed by atoms with van der Waals surface area (Å²) in [5.41, 5.74) is 3.96. The minimum Gasteiger partial charge on any atom is -0.309 e. The topological polar surface area (TPSA) is 24.9 Å². The van der Waals surface area contributed by atoms with Crippen LogP contribution in [-0.4, -0.2) is 4.98 Å². The monoisotopic (exact) mass is 284 g/mol. The van der Waals surface area contributed by atoms with Gasteiger partial charge in [0, 0.05) is 25.5 Å². The molecule has 1 heterocycles. The molecule has 4 heteroatoms. The van der Waals surface area contributed by atoms with Crippen LogP contribution in [0.2, 0.25) is 0 Å². The van der Waals surface area contributed by atoms with Gasteiger partial charge in [0.15, 0.2) is 0 Å². The van der Waals surface area contributed by atoms with Crippen LogP contribution in [0.5, 0.6) is 0 Å². The molecule has 0 saturated carbocycles. The van der Waals surface area contributed by atoms with E-state index < -0.39 is 0 Å². The third kappa shape index (κ3) is 5.05. The van der Waals surface area contributed by atoms with Crippen molar-refractivity contribution >= 4 is 24.8 Å². The molecule has 2 rings (SSSR count). The fraction of sp³-hybridized carbons (Fsp3) is 0.214. The van der Waals surface area contributed by atoms with Crippen LogP contribution < -0.4 is 5.32 Å². The molecule has 0 aliphatic carbocycles. The Hall–Kier alpha value is -1.09. The molecule has 0 aliphatic rings. The van der Waals surface area contributed by atoms with Gasteiger partial charge in [-0.1, -0.05) is 24.3 Å². The summed E-state index contributed by atoms with van der Waals surface area (Å²) in [4.78, 5) is 4.00. The van der Waals surface area contributed by atoms with Gasteiger partial charge in [0.25, 0.3) is 0 Å². The highest BCUT2D eigenvalue weighted by Crippen LogP contribution is 2.06. The van der Waals surface area contributed by atoms with E-state index in [0.29, 0.717) is 0 Å². The first-order chi connectivity index (χ1) is 7.86. The van der Waals surface area contributed by atoms with Gasteiger partial charge in [0.1, 0.15) is 0 Å². The molecule has 0 bridgehead atoms. The molecule has 1 N–H and O–H groups in total. The third-order valence-corrected chi connectivity index (χ3v) is 2.66. The predicted octanol–water partition coefficient (Wildman–Crippen LogP) is 3.52. The SMILES string of the molecule is Cc1ccccc1CNCc1ccncc1.Cl.Cl. The maximum atomic E-state index is 4.00. The minimum atomic E-state index is 0. The molecule has 18 heavy (non-hydrogen) atoms. The Morgan fingerprint density at radius 3 is 2.28 bits per heavy atom. The van der Waals surface area contributed by atoms with Gasteiger partial charge < -0.3 is 5.32 Å².